The molecule has 0 bridgehead atoms. The molecule has 0 aromatic heterocycles. The highest BCUT2D eigenvalue weighted by Crippen LogP contribution is 2.31. The van der Waals surface area contributed by atoms with Crippen molar-refractivity contribution in [2.24, 2.45) is 0 Å². The molecule has 19 heavy (non-hydrogen) atoms. The van der Waals surface area contributed by atoms with Crippen LogP contribution in [0.4, 0.5) is 0 Å². The fourth-order valence-electron chi connectivity index (χ4n) is 2.73. The Bertz CT molecular complexity index is 482. The number of aliphatic hydroxyl groups is 1. The first kappa shape index (κ1) is 13.8. The summed E-state index contributed by atoms with van der Waals surface area (Å²) in [5.74, 6) is 0.384. The normalized spacial score (nSPS) is 18.0. The van der Waals surface area contributed by atoms with Crippen molar-refractivity contribution in [3.8, 4) is 0 Å². The first-order chi connectivity index (χ1) is 9.19. The van der Waals surface area contributed by atoms with E-state index in [2.05, 4.69) is 25.6 Å². The highest BCUT2D eigenvalue weighted by Gasteiger charge is 2.26. The zero-order chi connectivity index (χ0) is 13.8. The molecule has 1 aromatic carbocycles. The Balaban J connectivity index is 2.31. The van der Waals surface area contributed by atoms with Crippen LogP contribution in [0.5, 0.6) is 0 Å². The number of hydrogen-bond donors (Lipinski definition) is 1. The molecule has 0 saturated heterocycles. The van der Waals surface area contributed by atoms with E-state index in [1.54, 1.807) is 0 Å². The van der Waals surface area contributed by atoms with Gasteiger partial charge in [-0.1, -0.05) is 31.7 Å². The smallest absolute Gasteiger partial charge is 0.246 e. The maximum Gasteiger partial charge on any atom is 0.246 e. The third-order valence-corrected chi connectivity index (χ3v) is 3.83. The second-order valence-corrected chi connectivity index (χ2v) is 5.03. The molecule has 0 saturated carbocycles. The van der Waals surface area contributed by atoms with E-state index in [-0.39, 0.29) is 12.5 Å². The van der Waals surface area contributed by atoms with Crippen molar-refractivity contribution in [2.75, 3.05) is 13.2 Å². The van der Waals surface area contributed by atoms with Gasteiger partial charge in [-0.25, -0.2) is 0 Å². The molecule has 0 unspecified atom stereocenters. The zero-order valence-electron chi connectivity index (χ0n) is 11.4. The van der Waals surface area contributed by atoms with Crippen LogP contribution in [0.15, 0.2) is 30.9 Å². The van der Waals surface area contributed by atoms with E-state index in [4.69, 9.17) is 5.11 Å². The van der Waals surface area contributed by atoms with Gasteiger partial charge in [0.25, 0.3) is 0 Å². The van der Waals surface area contributed by atoms with Crippen LogP contribution in [-0.2, 0) is 17.8 Å². The van der Waals surface area contributed by atoms with Crippen LogP contribution in [0, 0.1) is 0 Å². The van der Waals surface area contributed by atoms with Gasteiger partial charge >= 0.3 is 0 Å². The van der Waals surface area contributed by atoms with Crippen LogP contribution in [0.2, 0.25) is 0 Å². The Morgan fingerprint density at radius 3 is 3.00 bits per heavy atom. The van der Waals surface area contributed by atoms with Crippen molar-refractivity contribution in [3.63, 3.8) is 0 Å². The van der Waals surface area contributed by atoms with Crippen molar-refractivity contribution in [1.82, 2.24) is 4.90 Å². The molecule has 1 aromatic rings. The minimum atomic E-state index is 0.00327. The summed E-state index contributed by atoms with van der Waals surface area (Å²) in [6, 6.07) is 6.32. The van der Waals surface area contributed by atoms with Gasteiger partial charge in [-0.2, -0.15) is 0 Å². The van der Waals surface area contributed by atoms with E-state index >= 15 is 0 Å². The van der Waals surface area contributed by atoms with Gasteiger partial charge in [0.05, 0.1) is 0 Å². The number of benzene rings is 1. The number of nitrogens with zero attached hydrogens (tertiary/aromatic N) is 1. The Morgan fingerprint density at radius 2 is 2.37 bits per heavy atom. The van der Waals surface area contributed by atoms with Crippen LogP contribution in [0.25, 0.3) is 0 Å². The van der Waals surface area contributed by atoms with Crippen molar-refractivity contribution < 1.29 is 9.90 Å². The molecule has 1 heterocycles. The van der Waals surface area contributed by atoms with E-state index < -0.39 is 0 Å². The number of fused-ring (bicyclic) bond motifs is 1. The van der Waals surface area contributed by atoms with Crippen LogP contribution >= 0.6 is 0 Å². The Morgan fingerprint density at radius 1 is 1.58 bits per heavy atom. The van der Waals surface area contributed by atoms with E-state index in [1.165, 1.54) is 22.8 Å². The average Bonchev–Trinajstić information content (AvgIpc) is 2.45. The summed E-state index contributed by atoms with van der Waals surface area (Å²) in [4.78, 5) is 13.6. The summed E-state index contributed by atoms with van der Waals surface area (Å²) < 4.78 is 0. The molecule has 1 aliphatic heterocycles. The van der Waals surface area contributed by atoms with Gasteiger partial charge in [0.15, 0.2) is 0 Å². The van der Waals surface area contributed by atoms with E-state index in [1.807, 2.05) is 11.0 Å². The lowest BCUT2D eigenvalue weighted by Crippen LogP contribution is -2.37. The number of aliphatic hydroxyl groups excluding tert-OH is 1. The van der Waals surface area contributed by atoms with Gasteiger partial charge in [-0.3, -0.25) is 4.79 Å². The molecule has 0 fully saturated rings. The summed E-state index contributed by atoms with van der Waals surface area (Å²) in [7, 11) is 0. The van der Waals surface area contributed by atoms with Crippen molar-refractivity contribution in [2.45, 2.75) is 32.2 Å². The SMILES string of the molecule is C=CC(=O)N1Cc2ccc(CCO)cc2[C@H](CC)C1. The Labute approximate surface area is 114 Å². The molecule has 1 N–H and O–H groups in total. The molecule has 2 rings (SSSR count). The van der Waals surface area contributed by atoms with E-state index in [9.17, 15) is 4.79 Å². The van der Waals surface area contributed by atoms with Gasteiger partial charge in [-0.15, -0.1) is 0 Å². The highest BCUT2D eigenvalue weighted by atomic mass is 16.2. The predicted molar refractivity (Wildman–Crippen MR) is 75.9 cm³/mol. The summed E-state index contributed by atoms with van der Waals surface area (Å²) in [5, 5.41) is 9.03. The fourth-order valence-corrected chi connectivity index (χ4v) is 2.73. The van der Waals surface area contributed by atoms with Crippen LogP contribution in [0.3, 0.4) is 0 Å². The highest BCUT2D eigenvalue weighted by molar-refractivity contribution is 5.87. The lowest BCUT2D eigenvalue weighted by molar-refractivity contribution is -0.127. The monoisotopic (exact) mass is 259 g/mol. The van der Waals surface area contributed by atoms with Gasteiger partial charge in [-0.05, 0) is 35.6 Å². The van der Waals surface area contributed by atoms with Gasteiger partial charge in [0, 0.05) is 25.6 Å². The summed E-state index contributed by atoms with van der Waals surface area (Å²) >= 11 is 0. The summed E-state index contributed by atoms with van der Waals surface area (Å²) in [6.45, 7) is 7.31. The molecule has 102 valence electrons. The molecule has 3 heteroatoms. The topological polar surface area (TPSA) is 40.5 Å². The summed E-state index contributed by atoms with van der Waals surface area (Å²) in [6.07, 6.45) is 3.09. The Hall–Kier alpha value is -1.61. The standard InChI is InChI=1S/C16H21NO2/c1-3-13-10-17(16(19)4-2)11-14-6-5-12(7-8-18)9-15(13)14/h4-6,9,13,18H,2-3,7-8,10-11H2,1H3/t13-/m1/s1. The maximum absolute atomic E-state index is 11.8. The van der Waals surface area contributed by atoms with Gasteiger partial charge in [0.2, 0.25) is 5.91 Å². The van der Waals surface area contributed by atoms with Gasteiger partial charge in [0.1, 0.15) is 0 Å². The molecule has 3 nitrogen and oxygen atoms in total. The number of carbonyl (C=O) groups is 1. The number of carbonyl (C=O) groups excluding carboxylic acids is 1. The lowest BCUT2D eigenvalue weighted by atomic mass is 9.86. The molecular formula is C16H21NO2. The second-order valence-electron chi connectivity index (χ2n) is 5.03. The zero-order valence-corrected chi connectivity index (χ0v) is 11.4. The van der Waals surface area contributed by atoms with Crippen LogP contribution < -0.4 is 0 Å². The minimum absolute atomic E-state index is 0.00327. The number of rotatable bonds is 4. The van der Waals surface area contributed by atoms with Crippen molar-refractivity contribution in [3.05, 3.63) is 47.5 Å². The van der Waals surface area contributed by atoms with Crippen molar-refractivity contribution in [1.29, 1.82) is 0 Å². The number of hydrogen-bond acceptors (Lipinski definition) is 2. The Kier molecular flexibility index (Phi) is 4.38. The van der Waals surface area contributed by atoms with Crippen LogP contribution in [0.1, 0.15) is 36.0 Å². The van der Waals surface area contributed by atoms with Crippen molar-refractivity contribution >= 4 is 5.91 Å². The summed E-state index contributed by atoms with van der Waals surface area (Å²) in [5.41, 5.74) is 3.72. The molecule has 1 atom stereocenters. The molecule has 1 amide bonds. The first-order valence-corrected chi connectivity index (χ1v) is 6.83. The average molecular weight is 259 g/mol. The largest absolute Gasteiger partial charge is 0.396 e. The molecule has 0 spiro atoms. The molecular weight excluding hydrogens is 238 g/mol. The predicted octanol–water partition coefficient (Wildman–Crippen LogP) is 2.24. The second kappa shape index (κ2) is 6.02. The lowest BCUT2D eigenvalue weighted by Gasteiger charge is -2.34. The molecule has 0 aliphatic carbocycles. The fraction of sp³-hybridized carbons (Fsp3) is 0.438. The molecule has 0 radical (unpaired) electrons. The quantitative estimate of drug-likeness (QED) is 0.842. The van der Waals surface area contributed by atoms with Gasteiger partial charge < -0.3 is 10.0 Å². The van der Waals surface area contributed by atoms with Crippen LogP contribution in [-0.4, -0.2) is 29.1 Å². The van der Waals surface area contributed by atoms with E-state index in [0.717, 1.165) is 13.0 Å². The maximum atomic E-state index is 11.8. The third-order valence-electron chi connectivity index (χ3n) is 3.83. The molecule has 1 aliphatic rings. The first-order valence-electron chi connectivity index (χ1n) is 6.83. The number of amides is 1. The minimum Gasteiger partial charge on any atom is -0.396 e. The third kappa shape index (κ3) is 2.87. The van der Waals surface area contributed by atoms with E-state index in [0.29, 0.717) is 18.9 Å².